The number of carbonyl (C=O) groups excluding carboxylic acids is 1. The molecule has 2 atom stereocenters. The maximum Gasteiger partial charge on any atom is 0.307 e. The zero-order valence-electron chi connectivity index (χ0n) is 11.8. The van der Waals surface area contributed by atoms with Gasteiger partial charge < -0.3 is 10.4 Å². The van der Waals surface area contributed by atoms with Crippen molar-refractivity contribution >= 4 is 28.3 Å². The van der Waals surface area contributed by atoms with Gasteiger partial charge in [-0.05, 0) is 33.6 Å². The summed E-state index contributed by atoms with van der Waals surface area (Å²) in [7, 11) is 0. The second-order valence-electron chi connectivity index (χ2n) is 5.30. The molecule has 0 spiro atoms. The zero-order chi connectivity index (χ0) is 14.9. The van der Waals surface area contributed by atoms with Crippen LogP contribution in [0.25, 0.3) is 0 Å². The van der Waals surface area contributed by atoms with E-state index in [0.29, 0.717) is 18.0 Å². The average molecular weight is 294 g/mol. The number of aromatic nitrogens is 1. The minimum absolute atomic E-state index is 0.251. The van der Waals surface area contributed by atoms with Crippen molar-refractivity contribution < 1.29 is 14.7 Å². The summed E-state index contributed by atoms with van der Waals surface area (Å²) in [6.07, 6.45) is 0.940. The first kappa shape index (κ1) is 14.7. The Bertz CT molecular complexity index is 577. The molecule has 1 aromatic rings. The quantitative estimate of drug-likeness (QED) is 0.840. The fourth-order valence-corrected chi connectivity index (χ4v) is 3.13. The zero-order valence-corrected chi connectivity index (χ0v) is 12.6. The number of amides is 1. The molecule has 0 unspecified atom stereocenters. The predicted octanol–water partition coefficient (Wildman–Crippen LogP) is 2.84. The maximum absolute atomic E-state index is 12.3. The van der Waals surface area contributed by atoms with Gasteiger partial charge in [-0.1, -0.05) is 11.1 Å². The Morgan fingerprint density at radius 3 is 2.35 bits per heavy atom. The first-order valence-electron chi connectivity index (χ1n) is 6.49. The van der Waals surface area contributed by atoms with Crippen LogP contribution in [0.4, 0.5) is 5.13 Å². The van der Waals surface area contributed by atoms with Crippen molar-refractivity contribution in [1.29, 1.82) is 0 Å². The number of aliphatic carboxylic acids is 1. The van der Waals surface area contributed by atoms with Crippen LogP contribution in [0.15, 0.2) is 16.5 Å². The number of nitrogens with one attached hydrogen (secondary N) is 1. The lowest BCUT2D eigenvalue weighted by atomic mass is 9.76. The number of allylic oxidation sites excluding steroid dienone is 2. The molecule has 0 saturated carbocycles. The van der Waals surface area contributed by atoms with E-state index in [4.69, 9.17) is 0 Å². The van der Waals surface area contributed by atoms with Gasteiger partial charge in [0.1, 0.15) is 0 Å². The van der Waals surface area contributed by atoms with E-state index in [1.54, 1.807) is 0 Å². The summed E-state index contributed by atoms with van der Waals surface area (Å²) in [6, 6.07) is 0. The van der Waals surface area contributed by atoms with Crippen molar-refractivity contribution in [2.75, 3.05) is 5.32 Å². The molecule has 2 N–H and O–H groups in total. The van der Waals surface area contributed by atoms with Crippen LogP contribution in [0, 0.1) is 18.8 Å². The molecule has 6 heteroatoms. The highest BCUT2D eigenvalue weighted by molar-refractivity contribution is 7.13. The van der Waals surface area contributed by atoms with E-state index in [2.05, 4.69) is 10.3 Å². The SMILES string of the molecule is CC1=C(C)C[C@@H](C(=O)Nc2nc(C)cs2)[C@H](C(=O)O)C1. The number of thiazole rings is 1. The van der Waals surface area contributed by atoms with Gasteiger partial charge in [-0.15, -0.1) is 11.3 Å². The van der Waals surface area contributed by atoms with Gasteiger partial charge >= 0.3 is 5.97 Å². The highest BCUT2D eigenvalue weighted by Crippen LogP contribution is 2.35. The third-order valence-electron chi connectivity index (χ3n) is 3.77. The molecule has 0 radical (unpaired) electrons. The lowest BCUT2D eigenvalue weighted by Gasteiger charge is -2.29. The molecule has 0 aliphatic heterocycles. The number of carbonyl (C=O) groups is 2. The number of anilines is 1. The molecule has 1 aromatic heterocycles. The van der Waals surface area contributed by atoms with E-state index >= 15 is 0 Å². The van der Waals surface area contributed by atoms with Crippen molar-refractivity contribution in [1.82, 2.24) is 4.98 Å². The van der Waals surface area contributed by atoms with Crippen LogP contribution in [0.1, 0.15) is 32.4 Å². The first-order valence-corrected chi connectivity index (χ1v) is 7.37. The molecule has 2 rings (SSSR count). The molecule has 5 nitrogen and oxygen atoms in total. The van der Waals surface area contributed by atoms with Crippen molar-refractivity contribution in [3.63, 3.8) is 0 Å². The van der Waals surface area contributed by atoms with E-state index in [9.17, 15) is 14.7 Å². The highest BCUT2D eigenvalue weighted by Gasteiger charge is 2.37. The molecule has 20 heavy (non-hydrogen) atoms. The van der Waals surface area contributed by atoms with Crippen LogP contribution in [-0.4, -0.2) is 22.0 Å². The second kappa shape index (κ2) is 5.75. The molecule has 1 aliphatic carbocycles. The number of aryl methyl sites for hydroxylation is 1. The van der Waals surface area contributed by atoms with E-state index < -0.39 is 17.8 Å². The number of carboxylic acid groups (broad SMARTS) is 1. The lowest BCUT2D eigenvalue weighted by molar-refractivity contribution is -0.146. The molecule has 0 saturated heterocycles. The fourth-order valence-electron chi connectivity index (χ4n) is 2.44. The van der Waals surface area contributed by atoms with E-state index in [1.807, 2.05) is 26.2 Å². The summed E-state index contributed by atoms with van der Waals surface area (Å²) in [6.45, 7) is 5.74. The van der Waals surface area contributed by atoms with Crippen molar-refractivity contribution in [3.05, 3.63) is 22.2 Å². The third-order valence-corrected chi connectivity index (χ3v) is 4.65. The van der Waals surface area contributed by atoms with Crippen molar-refractivity contribution in [3.8, 4) is 0 Å². The molecule has 0 fully saturated rings. The van der Waals surface area contributed by atoms with Crippen LogP contribution in [-0.2, 0) is 9.59 Å². The minimum Gasteiger partial charge on any atom is -0.481 e. The van der Waals surface area contributed by atoms with E-state index in [-0.39, 0.29) is 5.91 Å². The monoisotopic (exact) mass is 294 g/mol. The van der Waals surface area contributed by atoms with Crippen LogP contribution >= 0.6 is 11.3 Å². The Morgan fingerprint density at radius 2 is 1.85 bits per heavy atom. The summed E-state index contributed by atoms with van der Waals surface area (Å²) in [5.74, 6) is -2.34. The molecule has 1 amide bonds. The van der Waals surface area contributed by atoms with Gasteiger partial charge in [0.2, 0.25) is 5.91 Å². The van der Waals surface area contributed by atoms with Crippen LogP contribution in [0.2, 0.25) is 0 Å². The van der Waals surface area contributed by atoms with Gasteiger partial charge in [0.15, 0.2) is 5.13 Å². The highest BCUT2D eigenvalue weighted by atomic mass is 32.1. The fraction of sp³-hybridized carbons (Fsp3) is 0.500. The van der Waals surface area contributed by atoms with Gasteiger partial charge in [-0.3, -0.25) is 9.59 Å². The average Bonchev–Trinajstić information content (AvgIpc) is 2.77. The lowest BCUT2D eigenvalue weighted by Crippen LogP contribution is -2.36. The standard InChI is InChI=1S/C14H18N2O3S/c1-7-4-10(11(13(18)19)5-8(7)2)12(17)16-14-15-9(3)6-20-14/h6,10-11H,4-5H2,1-3H3,(H,18,19)(H,15,16,17)/t10-,11-/m1/s1. The third kappa shape index (κ3) is 3.07. The van der Waals surface area contributed by atoms with Crippen molar-refractivity contribution in [2.24, 2.45) is 11.8 Å². The molecule has 1 heterocycles. The van der Waals surface area contributed by atoms with Gasteiger partial charge in [0.25, 0.3) is 0 Å². The van der Waals surface area contributed by atoms with Gasteiger partial charge in [-0.25, -0.2) is 4.98 Å². The van der Waals surface area contributed by atoms with Gasteiger partial charge in [0, 0.05) is 5.38 Å². The first-order chi connectivity index (χ1) is 9.38. The number of hydrogen-bond acceptors (Lipinski definition) is 4. The van der Waals surface area contributed by atoms with Crippen molar-refractivity contribution in [2.45, 2.75) is 33.6 Å². The summed E-state index contributed by atoms with van der Waals surface area (Å²) < 4.78 is 0. The number of hydrogen-bond donors (Lipinski definition) is 2. The largest absolute Gasteiger partial charge is 0.481 e. The van der Waals surface area contributed by atoms with Gasteiger partial charge in [0.05, 0.1) is 17.5 Å². The Labute approximate surface area is 121 Å². The number of carboxylic acids is 1. The topological polar surface area (TPSA) is 79.3 Å². The second-order valence-corrected chi connectivity index (χ2v) is 6.16. The number of nitrogens with zero attached hydrogens (tertiary/aromatic N) is 1. The normalized spacial score (nSPS) is 22.8. The molecule has 1 aliphatic rings. The smallest absolute Gasteiger partial charge is 0.307 e. The molecular formula is C14H18N2O3S. The number of rotatable bonds is 3. The van der Waals surface area contributed by atoms with Crippen LogP contribution < -0.4 is 5.32 Å². The molecule has 0 bridgehead atoms. The Morgan fingerprint density at radius 1 is 1.25 bits per heavy atom. The maximum atomic E-state index is 12.3. The van der Waals surface area contributed by atoms with Crippen LogP contribution in [0.5, 0.6) is 0 Å². The van der Waals surface area contributed by atoms with Crippen LogP contribution in [0.3, 0.4) is 0 Å². The molecule has 108 valence electrons. The summed E-state index contributed by atoms with van der Waals surface area (Å²) in [5, 5.41) is 14.4. The predicted molar refractivity (Wildman–Crippen MR) is 77.7 cm³/mol. The summed E-state index contributed by atoms with van der Waals surface area (Å²) >= 11 is 1.35. The summed E-state index contributed by atoms with van der Waals surface area (Å²) in [4.78, 5) is 27.9. The minimum atomic E-state index is -0.910. The van der Waals surface area contributed by atoms with Gasteiger partial charge in [-0.2, -0.15) is 0 Å². The Balaban J connectivity index is 2.16. The van der Waals surface area contributed by atoms with E-state index in [0.717, 1.165) is 16.8 Å². The summed E-state index contributed by atoms with van der Waals surface area (Å²) in [5.41, 5.74) is 3.03. The van der Waals surface area contributed by atoms with E-state index in [1.165, 1.54) is 11.3 Å². The molecular weight excluding hydrogens is 276 g/mol. The Kier molecular flexibility index (Phi) is 4.23. The Hall–Kier alpha value is -1.69. The molecule has 0 aromatic carbocycles.